The third-order valence-corrected chi connectivity index (χ3v) is 2.71. The van der Waals surface area contributed by atoms with Crippen molar-refractivity contribution < 1.29 is 0 Å². The second kappa shape index (κ2) is 6.74. The summed E-state index contributed by atoms with van der Waals surface area (Å²) >= 11 is 1.46. The quantitative estimate of drug-likeness (QED) is 0.723. The largest absolute Gasteiger partial charge is 0.360 e. The first kappa shape index (κ1) is 12.4. The first-order chi connectivity index (χ1) is 7.22. The van der Waals surface area contributed by atoms with E-state index in [1.807, 2.05) is 0 Å². The van der Waals surface area contributed by atoms with Crippen LogP contribution in [0.4, 0.5) is 5.13 Å². The fourth-order valence-corrected chi connectivity index (χ4v) is 1.88. The maximum absolute atomic E-state index is 4.40. The van der Waals surface area contributed by atoms with E-state index < -0.39 is 0 Å². The number of rotatable bonds is 7. The van der Waals surface area contributed by atoms with Gasteiger partial charge in [0.25, 0.3) is 0 Å². The Kier molecular flexibility index (Phi) is 5.57. The van der Waals surface area contributed by atoms with Crippen LogP contribution in [0, 0.1) is 0 Å². The number of aryl methyl sites for hydroxylation is 1. The van der Waals surface area contributed by atoms with Crippen LogP contribution in [0.5, 0.6) is 0 Å². The molecule has 0 aliphatic heterocycles. The van der Waals surface area contributed by atoms with Gasteiger partial charge in [-0.05, 0) is 33.5 Å². The molecule has 0 saturated carbocycles. The van der Waals surface area contributed by atoms with Crippen molar-refractivity contribution in [2.24, 2.45) is 0 Å². The summed E-state index contributed by atoms with van der Waals surface area (Å²) in [6.45, 7) is 4.22. The maximum Gasteiger partial charge on any atom is 0.202 e. The van der Waals surface area contributed by atoms with Gasteiger partial charge >= 0.3 is 0 Å². The minimum atomic E-state index is 0.956. The Morgan fingerprint density at radius 2 is 2.20 bits per heavy atom. The van der Waals surface area contributed by atoms with Gasteiger partial charge in [0.05, 0.1) is 0 Å². The minimum Gasteiger partial charge on any atom is -0.360 e. The summed E-state index contributed by atoms with van der Waals surface area (Å²) < 4.78 is 4.28. The molecule has 86 valence electrons. The van der Waals surface area contributed by atoms with Crippen molar-refractivity contribution in [3.8, 4) is 0 Å². The molecule has 0 aliphatic carbocycles. The van der Waals surface area contributed by atoms with Crippen LogP contribution in [-0.4, -0.2) is 41.4 Å². The summed E-state index contributed by atoms with van der Waals surface area (Å²) in [4.78, 5) is 6.58. The van der Waals surface area contributed by atoms with Crippen molar-refractivity contribution in [2.45, 2.75) is 26.2 Å². The van der Waals surface area contributed by atoms with Gasteiger partial charge in [-0.2, -0.15) is 4.37 Å². The minimum absolute atomic E-state index is 0.956. The molecular formula is C10H20N4S. The Hall–Kier alpha value is -0.680. The number of anilines is 1. The zero-order valence-electron chi connectivity index (χ0n) is 9.79. The van der Waals surface area contributed by atoms with E-state index in [4.69, 9.17) is 0 Å². The Morgan fingerprint density at radius 3 is 2.87 bits per heavy atom. The Bertz CT molecular complexity index is 272. The van der Waals surface area contributed by atoms with E-state index in [1.165, 1.54) is 11.5 Å². The third-order valence-electron chi connectivity index (χ3n) is 2.00. The predicted molar refractivity (Wildman–Crippen MR) is 65.6 cm³/mol. The molecule has 0 saturated heterocycles. The lowest BCUT2D eigenvalue weighted by Gasteiger charge is -2.08. The number of hydrogen-bond acceptors (Lipinski definition) is 5. The molecule has 0 atom stereocenters. The molecule has 0 unspecified atom stereocenters. The predicted octanol–water partition coefficient (Wildman–Crippen LogP) is 1.85. The lowest BCUT2D eigenvalue weighted by atomic mass is 10.3. The van der Waals surface area contributed by atoms with Gasteiger partial charge in [0.15, 0.2) is 0 Å². The molecule has 15 heavy (non-hydrogen) atoms. The van der Waals surface area contributed by atoms with Crippen molar-refractivity contribution in [2.75, 3.05) is 32.5 Å². The number of aromatic nitrogens is 2. The highest BCUT2D eigenvalue weighted by molar-refractivity contribution is 7.09. The second-order valence-corrected chi connectivity index (χ2v) is 4.60. The van der Waals surface area contributed by atoms with Crippen molar-refractivity contribution in [3.63, 3.8) is 0 Å². The SMILES string of the molecule is CCCc1nsc(NCCCN(C)C)n1. The fourth-order valence-electron chi connectivity index (χ4n) is 1.24. The van der Waals surface area contributed by atoms with Gasteiger partial charge in [0.2, 0.25) is 5.13 Å². The van der Waals surface area contributed by atoms with E-state index in [1.54, 1.807) is 0 Å². The van der Waals surface area contributed by atoms with E-state index in [0.717, 1.165) is 43.3 Å². The van der Waals surface area contributed by atoms with Crippen LogP contribution in [0.3, 0.4) is 0 Å². The smallest absolute Gasteiger partial charge is 0.202 e. The van der Waals surface area contributed by atoms with Gasteiger partial charge in [-0.15, -0.1) is 0 Å². The summed E-state index contributed by atoms with van der Waals surface area (Å²) in [5.74, 6) is 0.970. The summed E-state index contributed by atoms with van der Waals surface area (Å²) in [6, 6.07) is 0. The van der Waals surface area contributed by atoms with Crippen LogP contribution in [0.15, 0.2) is 0 Å². The second-order valence-electron chi connectivity index (χ2n) is 3.85. The van der Waals surface area contributed by atoms with Crippen LogP contribution in [0.1, 0.15) is 25.6 Å². The van der Waals surface area contributed by atoms with Gasteiger partial charge in [-0.3, -0.25) is 0 Å². The van der Waals surface area contributed by atoms with Crippen LogP contribution < -0.4 is 5.32 Å². The normalized spacial score (nSPS) is 10.9. The molecule has 0 radical (unpaired) electrons. The molecule has 0 fully saturated rings. The molecule has 1 aromatic heterocycles. The van der Waals surface area contributed by atoms with Crippen molar-refractivity contribution >= 4 is 16.7 Å². The summed E-state index contributed by atoms with van der Waals surface area (Å²) in [5.41, 5.74) is 0. The van der Waals surface area contributed by atoms with Crippen LogP contribution >= 0.6 is 11.5 Å². The van der Waals surface area contributed by atoms with Gasteiger partial charge in [-0.1, -0.05) is 6.92 Å². The molecule has 1 heterocycles. The van der Waals surface area contributed by atoms with Gasteiger partial charge in [0, 0.05) is 24.5 Å². The Morgan fingerprint density at radius 1 is 1.40 bits per heavy atom. The Labute approximate surface area is 95.9 Å². The molecule has 0 spiro atoms. The van der Waals surface area contributed by atoms with Crippen molar-refractivity contribution in [3.05, 3.63) is 5.82 Å². The standard InChI is InChI=1S/C10H20N4S/c1-4-6-9-12-10(15-13-9)11-7-5-8-14(2)3/h4-8H2,1-3H3,(H,11,12,13). The van der Waals surface area contributed by atoms with Crippen molar-refractivity contribution in [1.82, 2.24) is 14.3 Å². The highest BCUT2D eigenvalue weighted by Gasteiger charge is 2.01. The molecule has 0 amide bonds. The first-order valence-electron chi connectivity index (χ1n) is 5.43. The zero-order valence-corrected chi connectivity index (χ0v) is 10.6. The van der Waals surface area contributed by atoms with Crippen LogP contribution in [0.25, 0.3) is 0 Å². The van der Waals surface area contributed by atoms with Gasteiger partial charge in [-0.25, -0.2) is 4.98 Å². The van der Waals surface area contributed by atoms with Gasteiger partial charge < -0.3 is 10.2 Å². The third kappa shape index (κ3) is 5.09. The summed E-state index contributed by atoms with van der Waals surface area (Å²) in [7, 11) is 4.18. The molecule has 1 N–H and O–H groups in total. The van der Waals surface area contributed by atoms with E-state index in [2.05, 4.69) is 40.6 Å². The van der Waals surface area contributed by atoms with E-state index in [9.17, 15) is 0 Å². The molecular weight excluding hydrogens is 208 g/mol. The van der Waals surface area contributed by atoms with E-state index in [-0.39, 0.29) is 0 Å². The van der Waals surface area contributed by atoms with Crippen LogP contribution in [0.2, 0.25) is 0 Å². The number of nitrogens with one attached hydrogen (secondary N) is 1. The Balaban J connectivity index is 2.19. The van der Waals surface area contributed by atoms with Crippen LogP contribution in [-0.2, 0) is 6.42 Å². The molecule has 4 nitrogen and oxygen atoms in total. The average Bonchev–Trinajstić information content (AvgIpc) is 2.61. The maximum atomic E-state index is 4.40. The average molecular weight is 228 g/mol. The van der Waals surface area contributed by atoms with Crippen molar-refractivity contribution in [1.29, 1.82) is 0 Å². The highest BCUT2D eigenvalue weighted by Crippen LogP contribution is 2.11. The van der Waals surface area contributed by atoms with E-state index in [0.29, 0.717) is 0 Å². The van der Waals surface area contributed by atoms with Gasteiger partial charge in [0.1, 0.15) is 5.82 Å². The zero-order chi connectivity index (χ0) is 11.1. The summed E-state index contributed by atoms with van der Waals surface area (Å²) in [5, 5.41) is 4.25. The molecule has 1 aromatic rings. The fraction of sp³-hybridized carbons (Fsp3) is 0.800. The molecule has 1 rings (SSSR count). The molecule has 0 bridgehead atoms. The lowest BCUT2D eigenvalue weighted by molar-refractivity contribution is 0.405. The number of nitrogens with zero attached hydrogens (tertiary/aromatic N) is 3. The molecule has 0 aromatic carbocycles. The lowest BCUT2D eigenvalue weighted by Crippen LogP contribution is -2.16. The highest BCUT2D eigenvalue weighted by atomic mass is 32.1. The first-order valence-corrected chi connectivity index (χ1v) is 6.21. The van der Waals surface area contributed by atoms with E-state index >= 15 is 0 Å². The topological polar surface area (TPSA) is 41.1 Å². The summed E-state index contributed by atoms with van der Waals surface area (Å²) in [6.07, 6.45) is 3.22. The molecule has 5 heteroatoms. The molecule has 0 aliphatic rings. The number of hydrogen-bond donors (Lipinski definition) is 1. The monoisotopic (exact) mass is 228 g/mol.